The Labute approximate surface area is 167 Å². The fourth-order valence-corrected chi connectivity index (χ4v) is 3.09. The summed E-state index contributed by atoms with van der Waals surface area (Å²) in [7, 11) is -1.52. The van der Waals surface area contributed by atoms with E-state index >= 15 is 0 Å². The zero-order valence-electron chi connectivity index (χ0n) is 13.6. The molecule has 3 N–H and O–H groups in total. The lowest BCUT2D eigenvalue weighted by Gasteiger charge is -2.09. The van der Waals surface area contributed by atoms with Crippen molar-refractivity contribution in [2.45, 2.75) is 4.90 Å². The molecule has 0 aliphatic heterocycles. The lowest BCUT2D eigenvalue weighted by atomic mass is 10.3. The Kier molecular flexibility index (Phi) is 6.23. The van der Waals surface area contributed by atoms with Crippen molar-refractivity contribution in [3.63, 3.8) is 0 Å². The van der Waals surface area contributed by atoms with Crippen molar-refractivity contribution in [2.24, 2.45) is 0 Å². The lowest BCUT2D eigenvalue weighted by molar-refractivity contribution is 0.262. The summed E-state index contributed by atoms with van der Waals surface area (Å²) in [4.78, 5) is 20.5. The molecule has 1 atom stereocenters. The van der Waals surface area contributed by atoms with Crippen LogP contribution in [0.3, 0.4) is 0 Å². The molecule has 27 heavy (non-hydrogen) atoms. The topological polar surface area (TPSA) is 96.0 Å². The summed E-state index contributed by atoms with van der Waals surface area (Å²) in [5.41, 5.74) is 1.04. The normalized spacial score (nSPS) is 11.5. The van der Waals surface area contributed by atoms with Crippen molar-refractivity contribution in [3.05, 3.63) is 71.0 Å². The minimum atomic E-state index is -1.52. The van der Waals surface area contributed by atoms with E-state index in [9.17, 15) is 9.00 Å². The van der Waals surface area contributed by atoms with Crippen LogP contribution in [0.1, 0.15) is 0 Å². The van der Waals surface area contributed by atoms with E-state index in [0.29, 0.717) is 26.3 Å². The molecule has 10 heteroatoms. The van der Waals surface area contributed by atoms with Crippen LogP contribution in [0, 0.1) is 0 Å². The van der Waals surface area contributed by atoms with Crippen LogP contribution in [-0.4, -0.2) is 20.2 Å². The molecule has 0 aliphatic carbocycles. The molecular formula is C17H13Cl2N5O2S. The number of hydrogen-bond acceptors (Lipinski definition) is 4. The summed E-state index contributed by atoms with van der Waals surface area (Å²) in [5, 5.41) is 6.06. The van der Waals surface area contributed by atoms with Gasteiger partial charge in [-0.2, -0.15) is 0 Å². The van der Waals surface area contributed by atoms with Crippen LogP contribution >= 0.6 is 23.2 Å². The SMILES string of the molecule is O=C(Nc1ccc(S(=O)Nc2ncccn2)cc1)Nc1ccc(Cl)c(Cl)c1. The maximum absolute atomic E-state index is 12.2. The molecule has 1 unspecified atom stereocenters. The quantitative estimate of drug-likeness (QED) is 0.562. The summed E-state index contributed by atoms with van der Waals surface area (Å²) in [5.74, 6) is 0.263. The van der Waals surface area contributed by atoms with E-state index in [0.717, 1.165) is 0 Å². The van der Waals surface area contributed by atoms with Gasteiger partial charge in [0.2, 0.25) is 5.95 Å². The van der Waals surface area contributed by atoms with Gasteiger partial charge in [0, 0.05) is 23.8 Å². The number of nitrogens with one attached hydrogen (secondary N) is 3. The molecule has 3 rings (SSSR count). The first-order valence-corrected chi connectivity index (χ1v) is 9.50. The summed E-state index contributed by atoms with van der Waals surface area (Å²) >= 11 is 11.8. The van der Waals surface area contributed by atoms with Crippen LogP contribution in [0.15, 0.2) is 65.8 Å². The van der Waals surface area contributed by atoms with Gasteiger partial charge < -0.3 is 10.6 Å². The Hall–Kier alpha value is -2.68. The van der Waals surface area contributed by atoms with E-state index in [1.54, 1.807) is 60.9 Å². The van der Waals surface area contributed by atoms with Gasteiger partial charge in [0.1, 0.15) is 0 Å². The molecule has 1 heterocycles. The van der Waals surface area contributed by atoms with Gasteiger partial charge in [-0.3, -0.25) is 4.72 Å². The van der Waals surface area contributed by atoms with Crippen molar-refractivity contribution in [1.29, 1.82) is 0 Å². The second-order valence-electron chi connectivity index (χ2n) is 5.18. The minimum absolute atomic E-state index is 0.263. The van der Waals surface area contributed by atoms with Gasteiger partial charge in [-0.25, -0.2) is 19.0 Å². The van der Waals surface area contributed by atoms with Crippen molar-refractivity contribution >= 4 is 57.5 Å². The minimum Gasteiger partial charge on any atom is -0.308 e. The summed E-state index contributed by atoms with van der Waals surface area (Å²) < 4.78 is 14.9. The van der Waals surface area contributed by atoms with Gasteiger partial charge in [0.25, 0.3) is 0 Å². The summed E-state index contributed by atoms with van der Waals surface area (Å²) in [6, 6.07) is 12.5. The Balaban J connectivity index is 1.59. The lowest BCUT2D eigenvalue weighted by Crippen LogP contribution is -2.19. The van der Waals surface area contributed by atoms with Crippen molar-refractivity contribution in [1.82, 2.24) is 9.97 Å². The number of amides is 2. The van der Waals surface area contributed by atoms with Crippen LogP contribution in [0.4, 0.5) is 22.1 Å². The average molecular weight is 422 g/mol. The maximum atomic E-state index is 12.2. The fraction of sp³-hybridized carbons (Fsp3) is 0. The Morgan fingerprint density at radius 3 is 2.19 bits per heavy atom. The number of nitrogens with zero attached hydrogens (tertiary/aromatic N) is 2. The first kappa shape index (κ1) is 19.1. The molecule has 1 aromatic heterocycles. The van der Waals surface area contributed by atoms with E-state index in [1.165, 1.54) is 0 Å². The summed E-state index contributed by atoms with van der Waals surface area (Å²) in [6.45, 7) is 0. The van der Waals surface area contributed by atoms with Crippen LogP contribution in [0.5, 0.6) is 0 Å². The third kappa shape index (κ3) is 5.40. The van der Waals surface area contributed by atoms with Crippen LogP contribution in [0.25, 0.3) is 0 Å². The Morgan fingerprint density at radius 1 is 0.889 bits per heavy atom. The molecular weight excluding hydrogens is 409 g/mol. The summed E-state index contributed by atoms with van der Waals surface area (Å²) in [6.07, 6.45) is 3.10. The highest BCUT2D eigenvalue weighted by atomic mass is 35.5. The van der Waals surface area contributed by atoms with Crippen LogP contribution in [-0.2, 0) is 11.0 Å². The van der Waals surface area contributed by atoms with E-state index in [4.69, 9.17) is 23.2 Å². The molecule has 0 aliphatic rings. The molecule has 2 aromatic carbocycles. The van der Waals surface area contributed by atoms with Gasteiger partial charge in [-0.15, -0.1) is 0 Å². The molecule has 0 radical (unpaired) electrons. The van der Waals surface area contributed by atoms with Crippen molar-refractivity contribution in [2.75, 3.05) is 15.4 Å². The zero-order valence-corrected chi connectivity index (χ0v) is 16.0. The highest BCUT2D eigenvalue weighted by Crippen LogP contribution is 2.25. The molecule has 3 aromatic rings. The molecule has 0 fully saturated rings. The van der Waals surface area contributed by atoms with E-state index in [-0.39, 0.29) is 5.95 Å². The maximum Gasteiger partial charge on any atom is 0.323 e. The Bertz CT molecular complexity index is 971. The number of anilines is 3. The molecule has 2 amide bonds. The van der Waals surface area contributed by atoms with Gasteiger partial charge in [-0.05, 0) is 48.5 Å². The highest BCUT2D eigenvalue weighted by molar-refractivity contribution is 7.86. The molecule has 138 valence electrons. The molecule has 7 nitrogen and oxygen atoms in total. The molecule has 0 spiro atoms. The number of aromatic nitrogens is 2. The van der Waals surface area contributed by atoms with E-state index in [1.807, 2.05) is 0 Å². The van der Waals surface area contributed by atoms with Gasteiger partial charge in [0.15, 0.2) is 11.0 Å². The second-order valence-corrected chi connectivity index (χ2v) is 7.20. The van der Waals surface area contributed by atoms with Gasteiger partial charge in [-0.1, -0.05) is 23.2 Å². The van der Waals surface area contributed by atoms with E-state index in [2.05, 4.69) is 25.3 Å². The van der Waals surface area contributed by atoms with Gasteiger partial charge in [0.05, 0.1) is 14.9 Å². The molecule has 0 saturated heterocycles. The molecule has 0 bridgehead atoms. The standard InChI is InChI=1S/C17H13Cl2N5O2S/c18-14-7-4-12(10-15(14)19)23-17(25)22-11-2-5-13(6-3-11)27(26)24-16-20-8-1-9-21-16/h1-10H,(H,20,21,24)(H2,22,23,25). The third-order valence-electron chi connectivity index (χ3n) is 3.25. The number of benzene rings is 2. The number of halogens is 2. The third-order valence-corrected chi connectivity index (χ3v) is 5.06. The number of carbonyl (C=O) groups is 1. The highest BCUT2D eigenvalue weighted by Gasteiger charge is 2.08. The number of carbonyl (C=O) groups excluding carboxylic acids is 1. The smallest absolute Gasteiger partial charge is 0.308 e. The predicted octanol–water partition coefficient (Wildman–Crippen LogP) is 4.56. The number of urea groups is 1. The zero-order chi connectivity index (χ0) is 19.2. The fourth-order valence-electron chi connectivity index (χ4n) is 2.02. The monoisotopic (exact) mass is 421 g/mol. The van der Waals surface area contributed by atoms with Crippen LogP contribution in [0.2, 0.25) is 10.0 Å². The first-order valence-electron chi connectivity index (χ1n) is 7.60. The molecule has 0 saturated carbocycles. The van der Waals surface area contributed by atoms with Crippen LogP contribution < -0.4 is 15.4 Å². The largest absolute Gasteiger partial charge is 0.323 e. The predicted molar refractivity (Wildman–Crippen MR) is 108 cm³/mol. The van der Waals surface area contributed by atoms with Gasteiger partial charge >= 0.3 is 6.03 Å². The Morgan fingerprint density at radius 2 is 1.52 bits per heavy atom. The van der Waals surface area contributed by atoms with Crippen molar-refractivity contribution in [3.8, 4) is 0 Å². The number of rotatable bonds is 5. The van der Waals surface area contributed by atoms with E-state index < -0.39 is 17.0 Å². The number of hydrogen-bond donors (Lipinski definition) is 3. The first-order chi connectivity index (χ1) is 13.0. The second kappa shape index (κ2) is 8.81. The van der Waals surface area contributed by atoms with Crippen molar-refractivity contribution < 1.29 is 9.00 Å². The average Bonchev–Trinajstić information content (AvgIpc) is 2.66.